The number of benzene rings is 2. The third kappa shape index (κ3) is 2.39. The molecule has 18 heavy (non-hydrogen) atoms. The Hall–Kier alpha value is -1.02. The van der Waals surface area contributed by atoms with Gasteiger partial charge in [-0.2, -0.15) is 0 Å². The first-order valence-corrected chi connectivity index (χ1v) is 6.63. The molecule has 0 bridgehead atoms. The average molecular weight is 279 g/mol. The third-order valence-electron chi connectivity index (χ3n) is 3.19. The van der Waals surface area contributed by atoms with Crippen LogP contribution in [-0.4, -0.2) is 12.7 Å². The van der Waals surface area contributed by atoms with E-state index in [-0.39, 0.29) is 12.0 Å². The van der Waals surface area contributed by atoms with Crippen molar-refractivity contribution in [2.24, 2.45) is 0 Å². The number of ether oxygens (including phenoxy) is 1. The van der Waals surface area contributed by atoms with Gasteiger partial charge in [-0.3, -0.25) is 0 Å². The molecule has 1 aliphatic rings. The minimum absolute atomic E-state index is 0.237. The zero-order valence-corrected chi connectivity index (χ0v) is 11.2. The standard InChI is InChI=1S/C15H12Cl2O/c16-12-7-6-11(8-13(12)17)15(14-9-18-14)10-4-2-1-3-5-10/h1-8,14-15H,9H2/t14-,15+/m1/s1. The molecule has 2 aromatic carbocycles. The molecule has 0 aromatic heterocycles. The van der Waals surface area contributed by atoms with Crippen molar-refractivity contribution in [3.63, 3.8) is 0 Å². The van der Waals surface area contributed by atoms with Gasteiger partial charge in [0.1, 0.15) is 0 Å². The Kier molecular flexibility index (Phi) is 3.29. The zero-order chi connectivity index (χ0) is 12.5. The molecule has 0 radical (unpaired) electrons. The van der Waals surface area contributed by atoms with Crippen LogP contribution in [0, 0.1) is 0 Å². The normalized spacial score (nSPS) is 19.6. The van der Waals surface area contributed by atoms with Crippen molar-refractivity contribution in [1.82, 2.24) is 0 Å². The third-order valence-corrected chi connectivity index (χ3v) is 3.93. The molecule has 1 nitrogen and oxygen atoms in total. The molecule has 0 spiro atoms. The predicted molar refractivity (Wildman–Crippen MR) is 74.5 cm³/mol. The highest BCUT2D eigenvalue weighted by Crippen LogP contribution is 2.37. The Morgan fingerprint density at radius 1 is 0.944 bits per heavy atom. The molecule has 0 saturated carbocycles. The lowest BCUT2D eigenvalue weighted by Crippen LogP contribution is -2.08. The minimum Gasteiger partial charge on any atom is -0.372 e. The lowest BCUT2D eigenvalue weighted by atomic mass is 9.89. The number of hydrogen-bond donors (Lipinski definition) is 0. The molecule has 1 aliphatic heterocycles. The topological polar surface area (TPSA) is 12.5 Å². The highest BCUT2D eigenvalue weighted by molar-refractivity contribution is 6.42. The zero-order valence-electron chi connectivity index (χ0n) is 9.64. The SMILES string of the molecule is Clc1ccc([C@H](c2ccccc2)[C@H]2CO2)cc1Cl. The maximum Gasteiger partial charge on any atom is 0.0918 e. The summed E-state index contributed by atoms with van der Waals surface area (Å²) in [6.45, 7) is 0.805. The first kappa shape index (κ1) is 12.0. The van der Waals surface area contributed by atoms with Crippen LogP contribution in [0.3, 0.4) is 0 Å². The van der Waals surface area contributed by atoms with Crippen molar-refractivity contribution >= 4 is 23.2 Å². The van der Waals surface area contributed by atoms with Gasteiger partial charge in [0.15, 0.2) is 0 Å². The van der Waals surface area contributed by atoms with Crippen LogP contribution in [0.4, 0.5) is 0 Å². The first-order valence-electron chi connectivity index (χ1n) is 5.87. The Morgan fingerprint density at radius 3 is 2.28 bits per heavy atom. The maximum atomic E-state index is 6.10. The second-order valence-electron chi connectivity index (χ2n) is 4.43. The molecule has 0 N–H and O–H groups in total. The summed E-state index contributed by atoms with van der Waals surface area (Å²) in [6, 6.07) is 16.1. The van der Waals surface area contributed by atoms with Crippen LogP contribution in [0.5, 0.6) is 0 Å². The van der Waals surface area contributed by atoms with E-state index >= 15 is 0 Å². The van der Waals surface area contributed by atoms with E-state index in [1.807, 2.05) is 36.4 Å². The Morgan fingerprint density at radius 2 is 1.67 bits per heavy atom. The van der Waals surface area contributed by atoms with E-state index in [1.54, 1.807) is 0 Å². The molecular weight excluding hydrogens is 267 g/mol. The first-order chi connectivity index (χ1) is 8.75. The summed E-state index contributed by atoms with van der Waals surface area (Å²) in [5.74, 6) is 0.237. The van der Waals surface area contributed by atoms with Crippen LogP contribution in [0.15, 0.2) is 48.5 Å². The van der Waals surface area contributed by atoms with Gasteiger partial charge in [0.05, 0.1) is 22.8 Å². The Labute approximate surface area is 116 Å². The monoisotopic (exact) mass is 278 g/mol. The molecule has 0 unspecified atom stereocenters. The summed E-state index contributed by atoms with van der Waals surface area (Å²) in [5.41, 5.74) is 2.40. The maximum absolute atomic E-state index is 6.10. The summed E-state index contributed by atoms with van der Waals surface area (Å²) in [5, 5.41) is 1.18. The van der Waals surface area contributed by atoms with Gasteiger partial charge in [-0.05, 0) is 23.3 Å². The largest absolute Gasteiger partial charge is 0.372 e. The summed E-state index contributed by atoms with van der Waals surface area (Å²) < 4.78 is 5.47. The van der Waals surface area contributed by atoms with Crippen LogP contribution in [0.25, 0.3) is 0 Å². The summed E-state index contributed by atoms with van der Waals surface area (Å²) in [4.78, 5) is 0. The predicted octanol–water partition coefficient (Wildman–Crippen LogP) is 4.52. The van der Waals surface area contributed by atoms with Crippen LogP contribution in [0.1, 0.15) is 17.0 Å². The molecule has 1 saturated heterocycles. The van der Waals surface area contributed by atoms with E-state index in [0.29, 0.717) is 10.0 Å². The van der Waals surface area contributed by atoms with Gasteiger partial charge in [-0.1, -0.05) is 59.6 Å². The fraction of sp³-hybridized carbons (Fsp3) is 0.200. The number of hydrogen-bond acceptors (Lipinski definition) is 1. The Balaban J connectivity index is 2.02. The van der Waals surface area contributed by atoms with E-state index in [2.05, 4.69) is 12.1 Å². The van der Waals surface area contributed by atoms with E-state index in [0.717, 1.165) is 12.2 Å². The lowest BCUT2D eigenvalue weighted by Gasteiger charge is -2.16. The van der Waals surface area contributed by atoms with Gasteiger partial charge < -0.3 is 4.74 Å². The molecular formula is C15H12Cl2O. The lowest BCUT2D eigenvalue weighted by molar-refractivity contribution is 0.389. The summed E-state index contributed by atoms with van der Waals surface area (Å²) >= 11 is 12.1. The highest BCUT2D eigenvalue weighted by atomic mass is 35.5. The molecule has 0 amide bonds. The fourth-order valence-corrected chi connectivity index (χ4v) is 2.54. The van der Waals surface area contributed by atoms with Crippen molar-refractivity contribution in [2.75, 3.05) is 6.61 Å². The van der Waals surface area contributed by atoms with Gasteiger partial charge >= 0.3 is 0 Å². The van der Waals surface area contributed by atoms with Crippen molar-refractivity contribution in [3.8, 4) is 0 Å². The molecule has 1 fully saturated rings. The molecule has 3 heteroatoms. The summed E-state index contributed by atoms with van der Waals surface area (Å²) in [7, 11) is 0. The van der Waals surface area contributed by atoms with Crippen LogP contribution in [-0.2, 0) is 4.74 Å². The minimum atomic E-state index is 0.237. The summed E-state index contributed by atoms with van der Waals surface area (Å²) in [6.07, 6.45) is 0.254. The van der Waals surface area contributed by atoms with Gasteiger partial charge in [0.2, 0.25) is 0 Å². The average Bonchev–Trinajstić information content (AvgIpc) is 3.20. The highest BCUT2D eigenvalue weighted by Gasteiger charge is 2.35. The van der Waals surface area contributed by atoms with E-state index in [4.69, 9.17) is 27.9 Å². The van der Waals surface area contributed by atoms with Crippen LogP contribution < -0.4 is 0 Å². The second kappa shape index (κ2) is 4.93. The van der Waals surface area contributed by atoms with Crippen LogP contribution >= 0.6 is 23.2 Å². The van der Waals surface area contributed by atoms with Crippen molar-refractivity contribution in [3.05, 3.63) is 69.7 Å². The molecule has 92 valence electrons. The molecule has 2 aromatic rings. The number of epoxide rings is 1. The van der Waals surface area contributed by atoms with E-state index in [9.17, 15) is 0 Å². The van der Waals surface area contributed by atoms with Gasteiger partial charge in [-0.15, -0.1) is 0 Å². The number of halogens is 2. The molecule has 1 heterocycles. The van der Waals surface area contributed by atoms with Gasteiger partial charge in [0.25, 0.3) is 0 Å². The van der Waals surface area contributed by atoms with Gasteiger partial charge in [-0.25, -0.2) is 0 Å². The molecule has 0 aliphatic carbocycles. The van der Waals surface area contributed by atoms with E-state index < -0.39 is 0 Å². The molecule has 2 atom stereocenters. The van der Waals surface area contributed by atoms with Crippen molar-refractivity contribution < 1.29 is 4.74 Å². The van der Waals surface area contributed by atoms with E-state index in [1.165, 1.54) is 5.56 Å². The Bertz CT molecular complexity index is 550. The quantitative estimate of drug-likeness (QED) is 0.752. The smallest absolute Gasteiger partial charge is 0.0918 e. The van der Waals surface area contributed by atoms with Crippen molar-refractivity contribution in [2.45, 2.75) is 12.0 Å². The fourth-order valence-electron chi connectivity index (χ4n) is 2.24. The second-order valence-corrected chi connectivity index (χ2v) is 5.25. The van der Waals surface area contributed by atoms with Gasteiger partial charge in [0, 0.05) is 5.92 Å². The van der Waals surface area contributed by atoms with Crippen molar-refractivity contribution in [1.29, 1.82) is 0 Å². The molecule has 3 rings (SSSR count). The van der Waals surface area contributed by atoms with Crippen LogP contribution in [0.2, 0.25) is 10.0 Å². The number of rotatable bonds is 3.